The molecular weight excluding hydrogens is 234 g/mol. The summed E-state index contributed by atoms with van der Waals surface area (Å²) in [6, 6.07) is 17.6. The summed E-state index contributed by atoms with van der Waals surface area (Å²) in [4.78, 5) is 12.0. The summed E-state index contributed by atoms with van der Waals surface area (Å²) in [6.07, 6.45) is 0.847. The van der Waals surface area contributed by atoms with Gasteiger partial charge in [-0.2, -0.15) is 0 Å². The number of rotatable bonds is 5. The van der Waals surface area contributed by atoms with Crippen LogP contribution in [-0.4, -0.2) is 5.78 Å². The van der Waals surface area contributed by atoms with E-state index in [1.807, 2.05) is 61.5 Å². The molecule has 2 nitrogen and oxygen atoms in total. The molecule has 0 saturated carbocycles. The topological polar surface area (TPSA) is 43.1 Å². The van der Waals surface area contributed by atoms with Crippen molar-refractivity contribution >= 4 is 5.78 Å². The van der Waals surface area contributed by atoms with E-state index in [1.165, 1.54) is 5.56 Å². The average Bonchev–Trinajstić information content (AvgIpc) is 2.39. The number of hydrogen-bond acceptors (Lipinski definition) is 2. The maximum atomic E-state index is 12.0. The molecule has 0 fully saturated rings. The van der Waals surface area contributed by atoms with Gasteiger partial charge in [-0.15, -0.1) is 0 Å². The lowest BCUT2D eigenvalue weighted by atomic mass is 9.98. The largest absolute Gasteiger partial charge is 0.324 e. The Morgan fingerprint density at radius 2 is 1.84 bits per heavy atom. The SMILES string of the molecule is Cc1cccc(CC(=O)CC(N)c2ccccc2)c1. The molecule has 2 aromatic carbocycles. The van der Waals surface area contributed by atoms with Gasteiger partial charge in [0.15, 0.2) is 0 Å². The van der Waals surface area contributed by atoms with Crippen LogP contribution in [0.15, 0.2) is 54.6 Å². The molecule has 1 unspecified atom stereocenters. The minimum atomic E-state index is -0.210. The molecule has 0 spiro atoms. The van der Waals surface area contributed by atoms with Crippen molar-refractivity contribution in [2.24, 2.45) is 5.73 Å². The van der Waals surface area contributed by atoms with E-state index >= 15 is 0 Å². The van der Waals surface area contributed by atoms with Crippen LogP contribution >= 0.6 is 0 Å². The predicted octanol–water partition coefficient (Wildman–Crippen LogP) is 3.20. The highest BCUT2D eigenvalue weighted by Gasteiger charge is 2.11. The zero-order valence-electron chi connectivity index (χ0n) is 11.2. The highest BCUT2D eigenvalue weighted by atomic mass is 16.1. The van der Waals surface area contributed by atoms with Crippen molar-refractivity contribution < 1.29 is 4.79 Å². The number of aryl methyl sites for hydroxylation is 1. The van der Waals surface area contributed by atoms with Crippen molar-refractivity contribution in [3.63, 3.8) is 0 Å². The number of nitrogens with two attached hydrogens (primary N) is 1. The first kappa shape index (κ1) is 13.5. The fraction of sp³-hybridized carbons (Fsp3) is 0.235. The van der Waals surface area contributed by atoms with E-state index in [4.69, 9.17) is 5.73 Å². The van der Waals surface area contributed by atoms with Gasteiger partial charge in [-0.3, -0.25) is 4.79 Å². The molecule has 0 radical (unpaired) electrons. The van der Waals surface area contributed by atoms with Crippen molar-refractivity contribution in [3.05, 3.63) is 71.3 Å². The summed E-state index contributed by atoms with van der Waals surface area (Å²) in [5.74, 6) is 0.182. The van der Waals surface area contributed by atoms with Crippen LogP contribution in [0.3, 0.4) is 0 Å². The van der Waals surface area contributed by atoms with E-state index in [0.717, 1.165) is 11.1 Å². The Hall–Kier alpha value is -1.93. The van der Waals surface area contributed by atoms with E-state index in [9.17, 15) is 4.79 Å². The first-order valence-electron chi connectivity index (χ1n) is 6.53. The standard InChI is InChI=1S/C17H19NO/c1-13-6-5-7-14(10-13)11-16(19)12-17(18)15-8-3-2-4-9-15/h2-10,17H,11-12,18H2,1H3. The Labute approximate surface area is 114 Å². The quantitative estimate of drug-likeness (QED) is 0.889. The Morgan fingerprint density at radius 3 is 2.53 bits per heavy atom. The summed E-state index contributed by atoms with van der Waals surface area (Å²) in [5.41, 5.74) is 9.31. The number of carbonyl (C=O) groups is 1. The predicted molar refractivity (Wildman–Crippen MR) is 77.9 cm³/mol. The van der Waals surface area contributed by atoms with Gasteiger partial charge in [0.2, 0.25) is 0 Å². The second-order valence-electron chi connectivity index (χ2n) is 4.93. The van der Waals surface area contributed by atoms with E-state index in [-0.39, 0.29) is 11.8 Å². The van der Waals surface area contributed by atoms with Gasteiger partial charge in [0.1, 0.15) is 5.78 Å². The van der Waals surface area contributed by atoms with E-state index < -0.39 is 0 Å². The van der Waals surface area contributed by atoms with E-state index in [1.54, 1.807) is 0 Å². The number of hydrogen-bond donors (Lipinski definition) is 1. The maximum absolute atomic E-state index is 12.0. The second kappa shape index (κ2) is 6.30. The lowest BCUT2D eigenvalue weighted by molar-refractivity contribution is -0.118. The third-order valence-corrected chi connectivity index (χ3v) is 3.16. The molecule has 0 aliphatic carbocycles. The fourth-order valence-electron chi connectivity index (χ4n) is 2.19. The lowest BCUT2D eigenvalue weighted by Gasteiger charge is -2.11. The molecule has 0 aromatic heterocycles. The van der Waals surface area contributed by atoms with Crippen molar-refractivity contribution in [1.82, 2.24) is 0 Å². The van der Waals surface area contributed by atoms with Gasteiger partial charge in [0.05, 0.1) is 0 Å². The van der Waals surface area contributed by atoms with Crippen LogP contribution in [0.1, 0.15) is 29.2 Å². The van der Waals surface area contributed by atoms with Crippen LogP contribution in [0.5, 0.6) is 0 Å². The van der Waals surface area contributed by atoms with Gasteiger partial charge >= 0.3 is 0 Å². The number of benzene rings is 2. The van der Waals surface area contributed by atoms with E-state index in [0.29, 0.717) is 12.8 Å². The van der Waals surface area contributed by atoms with Crippen molar-refractivity contribution in [2.45, 2.75) is 25.8 Å². The van der Waals surface area contributed by atoms with Crippen LogP contribution in [-0.2, 0) is 11.2 Å². The van der Waals surface area contributed by atoms with Gasteiger partial charge in [-0.25, -0.2) is 0 Å². The minimum absolute atomic E-state index is 0.182. The Kier molecular flexibility index (Phi) is 4.48. The molecule has 0 aliphatic rings. The molecule has 98 valence electrons. The Balaban J connectivity index is 1.95. The fourth-order valence-corrected chi connectivity index (χ4v) is 2.19. The molecule has 2 rings (SSSR count). The molecule has 0 saturated heterocycles. The summed E-state index contributed by atoms with van der Waals surface area (Å²) >= 11 is 0. The summed E-state index contributed by atoms with van der Waals surface area (Å²) in [5, 5.41) is 0. The van der Waals surface area contributed by atoms with Crippen molar-refractivity contribution in [3.8, 4) is 0 Å². The normalized spacial score (nSPS) is 12.1. The lowest BCUT2D eigenvalue weighted by Crippen LogP contribution is -2.16. The van der Waals surface area contributed by atoms with E-state index in [2.05, 4.69) is 0 Å². The smallest absolute Gasteiger partial charge is 0.139 e. The van der Waals surface area contributed by atoms with Crippen LogP contribution in [0.25, 0.3) is 0 Å². The maximum Gasteiger partial charge on any atom is 0.139 e. The summed E-state index contributed by atoms with van der Waals surface area (Å²) in [7, 11) is 0. The van der Waals surface area contributed by atoms with Gasteiger partial charge in [0.25, 0.3) is 0 Å². The first-order valence-corrected chi connectivity index (χ1v) is 6.53. The highest BCUT2D eigenvalue weighted by Crippen LogP contribution is 2.15. The van der Waals surface area contributed by atoms with Crippen LogP contribution < -0.4 is 5.73 Å². The molecule has 0 amide bonds. The Morgan fingerprint density at radius 1 is 1.11 bits per heavy atom. The van der Waals surface area contributed by atoms with Crippen LogP contribution in [0.4, 0.5) is 0 Å². The summed E-state index contributed by atoms with van der Waals surface area (Å²) in [6.45, 7) is 2.03. The van der Waals surface area contributed by atoms with Gasteiger partial charge in [0, 0.05) is 18.9 Å². The van der Waals surface area contributed by atoms with Gasteiger partial charge in [-0.05, 0) is 18.1 Å². The van der Waals surface area contributed by atoms with Gasteiger partial charge < -0.3 is 5.73 Å². The molecule has 1 atom stereocenters. The molecule has 2 aromatic rings. The number of Topliss-reactive ketones (excluding diaryl/α,β-unsaturated/α-hetero) is 1. The minimum Gasteiger partial charge on any atom is -0.324 e. The van der Waals surface area contributed by atoms with Gasteiger partial charge in [-0.1, -0.05) is 60.2 Å². The number of ketones is 1. The van der Waals surface area contributed by atoms with Crippen LogP contribution in [0, 0.1) is 6.92 Å². The highest BCUT2D eigenvalue weighted by molar-refractivity contribution is 5.81. The van der Waals surface area contributed by atoms with Crippen molar-refractivity contribution in [1.29, 1.82) is 0 Å². The zero-order valence-corrected chi connectivity index (χ0v) is 11.2. The van der Waals surface area contributed by atoms with Crippen LogP contribution in [0.2, 0.25) is 0 Å². The molecule has 0 heterocycles. The molecule has 0 aliphatic heterocycles. The molecule has 2 heteroatoms. The monoisotopic (exact) mass is 253 g/mol. The third kappa shape index (κ3) is 4.04. The zero-order chi connectivity index (χ0) is 13.7. The first-order chi connectivity index (χ1) is 9.15. The number of carbonyl (C=O) groups excluding carboxylic acids is 1. The molecule has 19 heavy (non-hydrogen) atoms. The summed E-state index contributed by atoms with van der Waals surface area (Å²) < 4.78 is 0. The Bertz CT molecular complexity index is 548. The second-order valence-corrected chi connectivity index (χ2v) is 4.93. The third-order valence-electron chi connectivity index (χ3n) is 3.16. The molecule has 2 N–H and O–H groups in total. The molecular formula is C17H19NO. The van der Waals surface area contributed by atoms with Crippen molar-refractivity contribution in [2.75, 3.05) is 0 Å². The molecule has 0 bridgehead atoms. The average molecular weight is 253 g/mol.